The molecule has 94 valence electrons. The highest BCUT2D eigenvalue weighted by molar-refractivity contribution is 5.88. The second-order valence-electron chi connectivity index (χ2n) is 3.42. The Bertz CT molecular complexity index is 398. The predicted octanol–water partition coefficient (Wildman–Crippen LogP) is 0.717. The first kappa shape index (κ1) is 13.2. The van der Waals surface area contributed by atoms with Gasteiger partial charge in [0.2, 0.25) is 0 Å². The molecule has 0 bridgehead atoms. The Labute approximate surface area is 98.9 Å². The van der Waals surface area contributed by atoms with E-state index in [1.165, 1.54) is 20.5 Å². The van der Waals surface area contributed by atoms with Gasteiger partial charge in [-0.25, -0.2) is 4.79 Å². The molecule has 0 amide bonds. The highest BCUT2D eigenvalue weighted by Crippen LogP contribution is 2.09. The molecule has 0 aliphatic carbocycles. The van der Waals surface area contributed by atoms with Gasteiger partial charge in [0.05, 0.1) is 26.3 Å². The molecule has 0 saturated heterocycles. The van der Waals surface area contributed by atoms with Gasteiger partial charge in [-0.3, -0.25) is 10.1 Å². The van der Waals surface area contributed by atoms with Gasteiger partial charge in [0.25, 0.3) is 0 Å². The van der Waals surface area contributed by atoms with Crippen molar-refractivity contribution < 1.29 is 23.5 Å². The van der Waals surface area contributed by atoms with Gasteiger partial charge in [-0.15, -0.1) is 0 Å². The van der Waals surface area contributed by atoms with Crippen LogP contribution in [0.25, 0.3) is 0 Å². The normalized spacial score (nSPS) is 11.9. The van der Waals surface area contributed by atoms with Crippen molar-refractivity contribution in [3.05, 3.63) is 23.7 Å². The smallest absolute Gasteiger partial charge is 0.341 e. The molecule has 1 heterocycles. The van der Waals surface area contributed by atoms with Gasteiger partial charge in [-0.2, -0.15) is 0 Å². The summed E-state index contributed by atoms with van der Waals surface area (Å²) in [6, 6.07) is 1.12. The van der Waals surface area contributed by atoms with Gasteiger partial charge >= 0.3 is 11.9 Å². The Morgan fingerprint density at radius 1 is 1.41 bits per heavy atom. The van der Waals surface area contributed by atoms with E-state index in [9.17, 15) is 9.59 Å². The Morgan fingerprint density at radius 3 is 2.71 bits per heavy atom. The Balaban J connectivity index is 2.50. The SMILES string of the molecule is COC(=O)c1coc(CNC(C)C(=O)OC)c1. The fraction of sp³-hybridized carbons (Fsp3) is 0.455. The fourth-order valence-electron chi connectivity index (χ4n) is 1.21. The molecule has 1 atom stereocenters. The minimum absolute atomic E-state index is 0.327. The van der Waals surface area contributed by atoms with Crippen LogP contribution in [0.1, 0.15) is 23.0 Å². The van der Waals surface area contributed by atoms with Crippen LogP contribution in [0.15, 0.2) is 16.7 Å². The summed E-state index contributed by atoms with van der Waals surface area (Å²) in [6.07, 6.45) is 1.31. The minimum atomic E-state index is -0.457. The molecule has 17 heavy (non-hydrogen) atoms. The summed E-state index contributed by atoms with van der Waals surface area (Å²) in [5, 5.41) is 2.90. The van der Waals surface area contributed by atoms with Crippen LogP contribution in [0.3, 0.4) is 0 Å². The van der Waals surface area contributed by atoms with Crippen molar-refractivity contribution in [1.29, 1.82) is 0 Å². The molecule has 0 aliphatic heterocycles. The number of nitrogens with one attached hydrogen (secondary N) is 1. The van der Waals surface area contributed by atoms with Crippen LogP contribution in [-0.4, -0.2) is 32.2 Å². The largest absolute Gasteiger partial charge is 0.468 e. The fourth-order valence-corrected chi connectivity index (χ4v) is 1.21. The van der Waals surface area contributed by atoms with Crippen molar-refractivity contribution >= 4 is 11.9 Å². The molecule has 0 radical (unpaired) electrons. The second kappa shape index (κ2) is 6.05. The number of esters is 2. The molecule has 1 N–H and O–H groups in total. The third-order valence-electron chi connectivity index (χ3n) is 2.21. The molecule has 0 fully saturated rings. The van der Waals surface area contributed by atoms with E-state index in [0.717, 1.165) is 0 Å². The number of carbonyl (C=O) groups excluding carboxylic acids is 2. The van der Waals surface area contributed by atoms with Gasteiger partial charge in [-0.1, -0.05) is 0 Å². The first-order valence-corrected chi connectivity index (χ1v) is 5.05. The number of rotatable bonds is 5. The van der Waals surface area contributed by atoms with Crippen molar-refractivity contribution in [2.45, 2.75) is 19.5 Å². The number of carbonyl (C=O) groups is 2. The molecule has 6 heteroatoms. The number of hydrogen-bond acceptors (Lipinski definition) is 6. The van der Waals surface area contributed by atoms with Crippen molar-refractivity contribution in [2.24, 2.45) is 0 Å². The lowest BCUT2D eigenvalue weighted by atomic mass is 10.3. The Morgan fingerprint density at radius 2 is 2.12 bits per heavy atom. The lowest BCUT2D eigenvalue weighted by Crippen LogP contribution is -2.34. The zero-order chi connectivity index (χ0) is 12.8. The van der Waals surface area contributed by atoms with E-state index < -0.39 is 12.0 Å². The lowest BCUT2D eigenvalue weighted by molar-refractivity contribution is -0.142. The molecule has 0 aliphatic rings. The highest BCUT2D eigenvalue weighted by Gasteiger charge is 2.14. The second-order valence-corrected chi connectivity index (χ2v) is 3.42. The van der Waals surface area contributed by atoms with Crippen LogP contribution in [-0.2, 0) is 20.8 Å². The predicted molar refractivity (Wildman–Crippen MR) is 58.4 cm³/mol. The van der Waals surface area contributed by atoms with E-state index >= 15 is 0 Å². The third-order valence-corrected chi connectivity index (χ3v) is 2.21. The zero-order valence-electron chi connectivity index (χ0n) is 9.98. The third kappa shape index (κ3) is 3.60. The van der Waals surface area contributed by atoms with Crippen LogP contribution in [0.2, 0.25) is 0 Å². The zero-order valence-corrected chi connectivity index (χ0v) is 9.98. The van der Waals surface area contributed by atoms with Gasteiger partial charge in [0, 0.05) is 0 Å². The van der Waals surface area contributed by atoms with Crippen molar-refractivity contribution in [1.82, 2.24) is 5.32 Å². The van der Waals surface area contributed by atoms with Crippen LogP contribution >= 0.6 is 0 Å². The molecule has 1 aromatic heterocycles. The first-order valence-electron chi connectivity index (χ1n) is 5.05. The topological polar surface area (TPSA) is 77.8 Å². The average Bonchev–Trinajstić information content (AvgIpc) is 2.82. The molecular weight excluding hydrogens is 226 g/mol. The molecule has 1 rings (SSSR count). The summed E-state index contributed by atoms with van der Waals surface area (Å²) in [5.74, 6) is -0.271. The molecular formula is C11H15NO5. The number of methoxy groups -OCH3 is 2. The van der Waals surface area contributed by atoms with E-state index in [-0.39, 0.29) is 5.97 Å². The Hall–Kier alpha value is -1.82. The highest BCUT2D eigenvalue weighted by atomic mass is 16.5. The van der Waals surface area contributed by atoms with E-state index in [1.807, 2.05) is 0 Å². The van der Waals surface area contributed by atoms with E-state index in [4.69, 9.17) is 4.42 Å². The quantitative estimate of drug-likeness (QED) is 0.765. The summed E-state index contributed by atoms with van der Waals surface area (Å²) in [5.41, 5.74) is 0.343. The molecule has 0 aromatic carbocycles. The maximum absolute atomic E-state index is 11.1. The van der Waals surface area contributed by atoms with Crippen LogP contribution in [0.4, 0.5) is 0 Å². The number of hydrogen-bond donors (Lipinski definition) is 1. The maximum Gasteiger partial charge on any atom is 0.341 e. The molecule has 0 saturated carbocycles. The van der Waals surface area contributed by atoms with Crippen LogP contribution in [0, 0.1) is 0 Å². The first-order chi connectivity index (χ1) is 8.08. The van der Waals surface area contributed by atoms with Gasteiger partial charge in [-0.05, 0) is 13.0 Å². The summed E-state index contributed by atoms with van der Waals surface area (Å²) in [4.78, 5) is 22.2. The summed E-state index contributed by atoms with van der Waals surface area (Å²) < 4.78 is 14.2. The van der Waals surface area contributed by atoms with E-state index in [0.29, 0.717) is 17.9 Å². The maximum atomic E-state index is 11.1. The van der Waals surface area contributed by atoms with Crippen LogP contribution in [0.5, 0.6) is 0 Å². The average molecular weight is 241 g/mol. The summed E-state index contributed by atoms with van der Waals surface area (Å²) in [7, 11) is 2.62. The number of furan rings is 1. The van der Waals surface area contributed by atoms with Crippen molar-refractivity contribution in [3.63, 3.8) is 0 Å². The molecule has 6 nitrogen and oxygen atoms in total. The monoisotopic (exact) mass is 241 g/mol. The molecule has 1 unspecified atom stereocenters. The van der Waals surface area contributed by atoms with Crippen LogP contribution < -0.4 is 5.32 Å². The van der Waals surface area contributed by atoms with Crippen molar-refractivity contribution in [2.75, 3.05) is 14.2 Å². The molecule has 0 spiro atoms. The lowest BCUT2D eigenvalue weighted by Gasteiger charge is -2.09. The summed E-state index contributed by atoms with van der Waals surface area (Å²) >= 11 is 0. The minimum Gasteiger partial charge on any atom is -0.468 e. The van der Waals surface area contributed by atoms with E-state index in [1.54, 1.807) is 13.0 Å². The molecule has 1 aromatic rings. The standard InChI is InChI=1S/C11H15NO5/c1-7(10(13)15-2)12-5-9-4-8(6-17-9)11(14)16-3/h4,6-7,12H,5H2,1-3H3. The Kier molecular flexibility index (Phi) is 4.71. The van der Waals surface area contributed by atoms with Gasteiger partial charge in [0.15, 0.2) is 0 Å². The van der Waals surface area contributed by atoms with Crippen molar-refractivity contribution in [3.8, 4) is 0 Å². The summed E-state index contributed by atoms with van der Waals surface area (Å²) in [6.45, 7) is 2.00. The number of ether oxygens (including phenoxy) is 2. The van der Waals surface area contributed by atoms with Gasteiger partial charge < -0.3 is 13.9 Å². The van der Waals surface area contributed by atoms with E-state index in [2.05, 4.69) is 14.8 Å². The van der Waals surface area contributed by atoms with Gasteiger partial charge in [0.1, 0.15) is 18.1 Å².